The van der Waals surface area contributed by atoms with Crippen LogP contribution in [0.15, 0.2) is 60.1 Å². The third kappa shape index (κ3) is 3.67. The van der Waals surface area contributed by atoms with Gasteiger partial charge in [0.25, 0.3) is 5.69 Å². The molecule has 0 aliphatic carbocycles. The average Bonchev–Trinajstić information content (AvgIpc) is 3.41. The molecule has 0 saturated heterocycles. The standard InChI is InChI=1S/C22H17N3O6S/c1-2-31-16-9-5-14(6-10-16)19(26)17-18(13-3-7-15(8-4-13)25(29)30)24(21(28)20(17)27)22-23-11-12-32-22/h3-12,27-28H,2H2,1H3. The summed E-state index contributed by atoms with van der Waals surface area (Å²) < 4.78 is 6.65. The number of thiazole rings is 1. The Morgan fingerprint density at radius 1 is 1.16 bits per heavy atom. The fourth-order valence-corrected chi connectivity index (χ4v) is 3.95. The Hall–Kier alpha value is -4.18. The van der Waals surface area contributed by atoms with Crippen molar-refractivity contribution in [1.29, 1.82) is 0 Å². The minimum absolute atomic E-state index is 0.131. The molecule has 4 rings (SSSR count). The quantitative estimate of drug-likeness (QED) is 0.240. The van der Waals surface area contributed by atoms with E-state index in [4.69, 9.17) is 4.74 Å². The Morgan fingerprint density at radius 3 is 2.41 bits per heavy atom. The molecule has 0 spiro atoms. The molecule has 0 saturated carbocycles. The van der Waals surface area contributed by atoms with Crippen LogP contribution in [0.2, 0.25) is 0 Å². The zero-order chi connectivity index (χ0) is 22.8. The molecule has 2 heterocycles. The number of hydrogen-bond donors (Lipinski definition) is 2. The number of nitro benzene ring substituents is 1. The molecule has 0 aliphatic heterocycles. The van der Waals surface area contributed by atoms with Crippen molar-refractivity contribution < 1.29 is 24.7 Å². The van der Waals surface area contributed by atoms with Gasteiger partial charge in [-0.1, -0.05) is 0 Å². The summed E-state index contributed by atoms with van der Waals surface area (Å²) in [5, 5.41) is 34.4. The van der Waals surface area contributed by atoms with Crippen LogP contribution in [0.5, 0.6) is 17.4 Å². The number of carbonyl (C=O) groups excluding carboxylic acids is 1. The predicted octanol–water partition coefficient (Wildman–Crippen LogP) is 4.55. The van der Waals surface area contributed by atoms with Gasteiger partial charge in [0.1, 0.15) is 5.75 Å². The summed E-state index contributed by atoms with van der Waals surface area (Å²) >= 11 is 1.19. The van der Waals surface area contributed by atoms with Crippen molar-refractivity contribution >= 4 is 22.8 Å². The van der Waals surface area contributed by atoms with Crippen molar-refractivity contribution in [3.63, 3.8) is 0 Å². The normalized spacial score (nSPS) is 10.8. The largest absolute Gasteiger partial charge is 0.503 e. The van der Waals surface area contributed by atoms with Crippen LogP contribution in [0.25, 0.3) is 16.4 Å². The van der Waals surface area contributed by atoms with Crippen LogP contribution in [0.3, 0.4) is 0 Å². The Bertz CT molecular complexity index is 1280. The van der Waals surface area contributed by atoms with E-state index in [2.05, 4.69) is 4.98 Å². The molecule has 4 aromatic rings. The number of nitrogens with zero attached hydrogens (tertiary/aromatic N) is 3. The van der Waals surface area contributed by atoms with Crippen molar-refractivity contribution in [2.24, 2.45) is 0 Å². The number of hydrogen-bond acceptors (Lipinski definition) is 8. The van der Waals surface area contributed by atoms with Crippen molar-refractivity contribution in [3.05, 3.63) is 81.3 Å². The summed E-state index contributed by atoms with van der Waals surface area (Å²) in [5.74, 6) is -1.10. The van der Waals surface area contributed by atoms with Crippen LogP contribution in [-0.4, -0.2) is 37.1 Å². The molecule has 9 nitrogen and oxygen atoms in total. The minimum atomic E-state index is -0.604. The minimum Gasteiger partial charge on any atom is -0.503 e. The van der Waals surface area contributed by atoms with E-state index in [0.717, 1.165) is 0 Å². The van der Waals surface area contributed by atoms with E-state index in [0.29, 0.717) is 23.1 Å². The molecule has 2 N–H and O–H groups in total. The molecule has 2 aromatic heterocycles. The second-order valence-electron chi connectivity index (χ2n) is 6.64. The second-order valence-corrected chi connectivity index (χ2v) is 7.51. The van der Waals surface area contributed by atoms with Gasteiger partial charge in [-0.3, -0.25) is 19.5 Å². The molecule has 0 aliphatic rings. The van der Waals surface area contributed by atoms with Crippen LogP contribution in [0.1, 0.15) is 22.8 Å². The van der Waals surface area contributed by atoms with Crippen molar-refractivity contribution in [2.45, 2.75) is 6.92 Å². The van der Waals surface area contributed by atoms with Crippen LogP contribution in [0, 0.1) is 10.1 Å². The Morgan fingerprint density at radius 2 is 1.84 bits per heavy atom. The van der Waals surface area contributed by atoms with E-state index in [1.54, 1.807) is 29.6 Å². The fraction of sp³-hybridized carbons (Fsp3) is 0.0909. The first-order valence-electron chi connectivity index (χ1n) is 9.51. The van der Waals surface area contributed by atoms with Gasteiger partial charge in [0.15, 0.2) is 16.7 Å². The average molecular weight is 451 g/mol. The van der Waals surface area contributed by atoms with E-state index < -0.39 is 22.3 Å². The van der Waals surface area contributed by atoms with E-state index >= 15 is 0 Å². The van der Waals surface area contributed by atoms with Gasteiger partial charge >= 0.3 is 0 Å². The molecule has 0 radical (unpaired) electrons. The van der Waals surface area contributed by atoms with Gasteiger partial charge in [-0.15, -0.1) is 11.3 Å². The summed E-state index contributed by atoms with van der Waals surface area (Å²) in [6.45, 7) is 2.32. The molecular formula is C22H17N3O6S. The molecule has 0 amide bonds. The number of benzene rings is 2. The smallest absolute Gasteiger partial charge is 0.269 e. The maximum Gasteiger partial charge on any atom is 0.269 e. The molecule has 0 fully saturated rings. The predicted molar refractivity (Wildman–Crippen MR) is 118 cm³/mol. The Kier molecular flexibility index (Phi) is 5.61. The van der Waals surface area contributed by atoms with Gasteiger partial charge < -0.3 is 14.9 Å². The number of rotatable bonds is 7. The highest BCUT2D eigenvalue weighted by Crippen LogP contribution is 2.44. The Balaban J connectivity index is 1.91. The summed E-state index contributed by atoms with van der Waals surface area (Å²) in [6.07, 6.45) is 1.52. The van der Waals surface area contributed by atoms with Crippen LogP contribution < -0.4 is 4.74 Å². The summed E-state index contributed by atoms with van der Waals surface area (Å²) in [4.78, 5) is 28.1. The monoisotopic (exact) mass is 451 g/mol. The summed E-state index contributed by atoms with van der Waals surface area (Å²) in [7, 11) is 0. The molecular weight excluding hydrogens is 434 g/mol. The van der Waals surface area contributed by atoms with E-state index in [9.17, 15) is 25.1 Å². The summed E-state index contributed by atoms with van der Waals surface area (Å²) in [6, 6.07) is 11.9. The molecule has 32 heavy (non-hydrogen) atoms. The lowest BCUT2D eigenvalue weighted by Gasteiger charge is -2.10. The lowest BCUT2D eigenvalue weighted by molar-refractivity contribution is -0.384. The van der Waals surface area contributed by atoms with Gasteiger partial charge in [0, 0.05) is 34.8 Å². The number of nitro groups is 1. The van der Waals surface area contributed by atoms with Gasteiger partial charge in [0.05, 0.1) is 22.8 Å². The van der Waals surface area contributed by atoms with E-state index in [1.807, 2.05) is 6.92 Å². The molecule has 10 heteroatoms. The summed E-state index contributed by atoms with van der Waals surface area (Å²) in [5.41, 5.74) is 0.548. The second kappa shape index (κ2) is 8.52. The van der Waals surface area contributed by atoms with Gasteiger partial charge in [-0.2, -0.15) is 0 Å². The van der Waals surface area contributed by atoms with Crippen LogP contribution in [-0.2, 0) is 0 Å². The number of non-ortho nitro benzene ring substituents is 1. The van der Waals surface area contributed by atoms with Crippen molar-refractivity contribution in [3.8, 4) is 33.8 Å². The van der Waals surface area contributed by atoms with Crippen LogP contribution >= 0.6 is 11.3 Å². The first-order chi connectivity index (χ1) is 15.4. The third-order valence-electron chi connectivity index (χ3n) is 4.74. The first-order valence-corrected chi connectivity index (χ1v) is 10.4. The van der Waals surface area contributed by atoms with Gasteiger partial charge in [-0.05, 0) is 43.3 Å². The third-order valence-corrected chi connectivity index (χ3v) is 5.49. The van der Waals surface area contributed by atoms with E-state index in [-0.39, 0.29) is 22.5 Å². The number of ketones is 1. The zero-order valence-corrected chi connectivity index (χ0v) is 17.6. The molecule has 162 valence electrons. The SMILES string of the molecule is CCOc1ccc(C(=O)c2c(O)c(O)n(-c3nccs3)c2-c2ccc([N+](=O)[O-])cc2)cc1. The highest BCUT2D eigenvalue weighted by Gasteiger charge is 2.30. The number of aromatic nitrogens is 2. The highest BCUT2D eigenvalue weighted by atomic mass is 32.1. The number of carbonyl (C=O) groups is 1. The van der Waals surface area contributed by atoms with Crippen LogP contribution in [0.4, 0.5) is 5.69 Å². The van der Waals surface area contributed by atoms with Crippen molar-refractivity contribution in [1.82, 2.24) is 9.55 Å². The first kappa shape index (κ1) is 21.1. The number of ether oxygens (including phenoxy) is 1. The lowest BCUT2D eigenvalue weighted by Crippen LogP contribution is -2.05. The zero-order valence-electron chi connectivity index (χ0n) is 16.8. The molecule has 0 unspecified atom stereocenters. The van der Waals surface area contributed by atoms with Crippen molar-refractivity contribution in [2.75, 3.05) is 6.61 Å². The lowest BCUT2D eigenvalue weighted by atomic mass is 9.99. The maximum atomic E-state index is 13.4. The topological polar surface area (TPSA) is 128 Å². The van der Waals surface area contributed by atoms with Gasteiger partial charge in [0.2, 0.25) is 5.88 Å². The number of aromatic hydroxyl groups is 2. The maximum absolute atomic E-state index is 13.4. The van der Waals surface area contributed by atoms with Gasteiger partial charge in [-0.25, -0.2) is 4.98 Å². The fourth-order valence-electron chi connectivity index (χ4n) is 3.30. The Labute approximate surface area is 185 Å². The molecule has 0 bridgehead atoms. The molecule has 2 aromatic carbocycles. The highest BCUT2D eigenvalue weighted by molar-refractivity contribution is 7.12. The molecule has 0 atom stereocenters. The van der Waals surface area contributed by atoms with E-state index in [1.165, 1.54) is 46.4 Å².